The highest BCUT2D eigenvalue weighted by Crippen LogP contribution is 2.34. The Labute approximate surface area is 230 Å². The summed E-state index contributed by atoms with van der Waals surface area (Å²) in [5, 5.41) is 6.39. The molecule has 2 aliphatic rings. The number of rotatable bonds is 10. The van der Waals surface area contributed by atoms with Crippen LogP contribution in [0.2, 0.25) is 5.02 Å². The summed E-state index contributed by atoms with van der Waals surface area (Å²) in [5.41, 5.74) is 2.00. The lowest BCUT2D eigenvalue weighted by Crippen LogP contribution is -2.59. The number of carbonyl (C=O) groups excluding carboxylic acids is 1. The lowest BCUT2D eigenvalue weighted by Gasteiger charge is -2.47. The fourth-order valence-electron chi connectivity index (χ4n) is 5.16. The number of hydrogen-bond acceptors (Lipinski definition) is 5. The number of fused-ring (bicyclic) bond motifs is 2. The quantitative estimate of drug-likeness (QED) is 0.224. The van der Waals surface area contributed by atoms with Crippen molar-refractivity contribution < 1.29 is 31.8 Å². The van der Waals surface area contributed by atoms with E-state index in [-0.39, 0.29) is 34.6 Å². The topological polar surface area (TPSA) is 62.8 Å². The monoisotopic (exact) mass is 569 g/mol. The van der Waals surface area contributed by atoms with Gasteiger partial charge in [-0.15, -0.1) is 13.2 Å². The Morgan fingerprint density at radius 2 is 1.85 bits per heavy atom. The smallest absolute Gasteiger partial charge is 0.404 e. The van der Waals surface area contributed by atoms with Gasteiger partial charge in [0.05, 0.1) is 18.2 Å². The Morgan fingerprint density at radius 3 is 2.49 bits per heavy atom. The van der Waals surface area contributed by atoms with Gasteiger partial charge < -0.3 is 25.0 Å². The number of halogens is 5. The molecule has 0 aliphatic carbocycles. The zero-order chi connectivity index (χ0) is 28.0. The number of nitrogens with zero attached hydrogens (tertiary/aromatic N) is 1. The van der Waals surface area contributed by atoms with Gasteiger partial charge in [-0.3, -0.25) is 4.79 Å². The lowest BCUT2D eigenvalue weighted by atomic mass is 9.82. The summed E-state index contributed by atoms with van der Waals surface area (Å²) in [7, 11) is 1.85. The van der Waals surface area contributed by atoms with Crippen LogP contribution in [-0.2, 0) is 16.0 Å². The number of piperidine rings is 1. The van der Waals surface area contributed by atoms with Crippen LogP contribution in [0.3, 0.4) is 0 Å². The van der Waals surface area contributed by atoms with Crippen LogP contribution < -0.4 is 15.4 Å². The maximum absolute atomic E-state index is 13.3. The minimum Gasteiger partial charge on any atom is -0.404 e. The number of benzene rings is 2. The van der Waals surface area contributed by atoms with E-state index in [0.29, 0.717) is 38.3 Å². The Bertz CT molecular complexity index is 1150. The predicted octanol–water partition coefficient (Wildman–Crippen LogP) is 5.52. The molecular weight excluding hydrogens is 538 g/mol. The van der Waals surface area contributed by atoms with Crippen LogP contribution in [0.5, 0.6) is 5.75 Å². The van der Waals surface area contributed by atoms with Crippen LogP contribution >= 0.6 is 11.6 Å². The van der Waals surface area contributed by atoms with Gasteiger partial charge in [-0.05, 0) is 86.5 Å². The summed E-state index contributed by atoms with van der Waals surface area (Å²) in [6.45, 7) is 2.69. The summed E-state index contributed by atoms with van der Waals surface area (Å²) >= 11 is 6.09. The highest BCUT2D eigenvalue weighted by atomic mass is 35.5. The zero-order valence-corrected chi connectivity index (χ0v) is 22.3. The third kappa shape index (κ3) is 8.09. The van der Waals surface area contributed by atoms with E-state index in [0.717, 1.165) is 30.6 Å². The molecule has 1 unspecified atom stereocenters. The molecule has 4 rings (SSSR count). The van der Waals surface area contributed by atoms with Gasteiger partial charge in [0.2, 0.25) is 5.91 Å². The van der Waals surface area contributed by atoms with E-state index in [1.54, 1.807) is 17.0 Å². The molecule has 2 aromatic rings. The van der Waals surface area contributed by atoms with Gasteiger partial charge in [-0.1, -0.05) is 11.6 Å². The first-order chi connectivity index (χ1) is 18.6. The van der Waals surface area contributed by atoms with Crippen molar-refractivity contribution in [2.45, 2.75) is 31.7 Å². The van der Waals surface area contributed by atoms with Crippen molar-refractivity contribution in [3.63, 3.8) is 0 Å². The van der Waals surface area contributed by atoms with Gasteiger partial charge in [0, 0.05) is 42.7 Å². The number of nitrogens with one attached hydrogen (secondary N) is 2. The van der Waals surface area contributed by atoms with Crippen molar-refractivity contribution in [3.8, 4) is 5.75 Å². The van der Waals surface area contributed by atoms with Crippen molar-refractivity contribution >= 4 is 29.3 Å². The fraction of sp³-hybridized carbons (Fsp3) is 0.464. The molecule has 3 atom stereocenters. The van der Waals surface area contributed by atoms with Crippen molar-refractivity contribution in [1.82, 2.24) is 10.2 Å². The van der Waals surface area contributed by atoms with Gasteiger partial charge in [0.15, 0.2) is 0 Å². The molecule has 1 amide bonds. The Kier molecular flexibility index (Phi) is 9.74. The summed E-state index contributed by atoms with van der Waals surface area (Å²) < 4.78 is 61.8. The minimum absolute atomic E-state index is 0.0324. The molecule has 2 aliphatic heterocycles. The van der Waals surface area contributed by atoms with E-state index >= 15 is 0 Å². The van der Waals surface area contributed by atoms with Crippen LogP contribution in [0.4, 0.5) is 23.2 Å². The third-order valence-corrected chi connectivity index (χ3v) is 7.32. The first-order valence-electron chi connectivity index (χ1n) is 12.9. The molecule has 2 saturated heterocycles. The van der Waals surface area contributed by atoms with E-state index in [9.17, 15) is 22.4 Å². The molecule has 0 saturated carbocycles. The highest BCUT2D eigenvalue weighted by molar-refractivity contribution is 6.32. The summed E-state index contributed by atoms with van der Waals surface area (Å²) in [4.78, 5) is 14.9. The number of anilines is 1. The fourth-order valence-corrected chi connectivity index (χ4v) is 5.38. The first-order valence-corrected chi connectivity index (χ1v) is 13.3. The van der Waals surface area contributed by atoms with E-state index in [1.165, 1.54) is 36.4 Å². The molecule has 2 heterocycles. The van der Waals surface area contributed by atoms with Crippen molar-refractivity contribution in [1.29, 1.82) is 0 Å². The number of aryl methyl sites for hydroxylation is 1. The largest absolute Gasteiger partial charge is 0.573 e. The second kappa shape index (κ2) is 13.0. The SMILES string of the molecule is CNCCCCc1cc(Cl)c(OC(F)(F)F)cc1/C=C/C(=O)N1C[C@H]2COC[C@@H](C1)C2Nc1ccc(F)cc1. The van der Waals surface area contributed by atoms with E-state index in [1.807, 2.05) is 7.05 Å². The van der Waals surface area contributed by atoms with Gasteiger partial charge in [-0.25, -0.2) is 4.39 Å². The maximum atomic E-state index is 13.3. The van der Waals surface area contributed by atoms with E-state index in [4.69, 9.17) is 16.3 Å². The van der Waals surface area contributed by atoms with E-state index < -0.39 is 12.1 Å². The standard InChI is InChI=1S/C28H32ClF4N3O3/c1-34-11-3-2-4-18-12-24(29)25(39-28(31,32)33)13-19(18)5-10-26(37)36-14-20-16-38-17-21(15-36)27(20)35-23-8-6-22(30)7-9-23/h5-10,12-13,20-21,27,34-35H,2-4,11,14-17H2,1H3/b10-5+/t20-,21+,27?. The molecular formula is C28H32ClF4N3O3. The Hall–Kier alpha value is -2.82. The summed E-state index contributed by atoms with van der Waals surface area (Å²) in [5.74, 6) is -0.985. The number of likely N-dealkylation sites (tertiary alicyclic amines) is 1. The molecule has 39 heavy (non-hydrogen) atoms. The van der Waals surface area contributed by atoms with Crippen LogP contribution in [0.15, 0.2) is 42.5 Å². The minimum atomic E-state index is -4.89. The molecule has 6 nitrogen and oxygen atoms in total. The second-order valence-electron chi connectivity index (χ2n) is 9.90. The van der Waals surface area contributed by atoms with Crippen LogP contribution in [0.25, 0.3) is 6.08 Å². The zero-order valence-electron chi connectivity index (χ0n) is 21.6. The van der Waals surface area contributed by atoms with Crippen LogP contribution in [-0.4, -0.2) is 63.1 Å². The van der Waals surface area contributed by atoms with Gasteiger partial charge in [0.1, 0.15) is 11.6 Å². The average molecular weight is 570 g/mol. The normalized spacial score (nSPS) is 21.3. The average Bonchev–Trinajstić information content (AvgIpc) is 2.87. The number of ether oxygens (including phenoxy) is 2. The van der Waals surface area contributed by atoms with Gasteiger partial charge in [0.25, 0.3) is 0 Å². The molecule has 0 aromatic heterocycles. The van der Waals surface area contributed by atoms with E-state index in [2.05, 4.69) is 15.4 Å². The number of amides is 1. The predicted molar refractivity (Wildman–Crippen MR) is 142 cm³/mol. The molecule has 11 heteroatoms. The molecule has 2 aromatic carbocycles. The van der Waals surface area contributed by atoms with Crippen molar-refractivity contribution in [3.05, 3.63) is 64.4 Å². The molecule has 212 valence electrons. The Morgan fingerprint density at radius 1 is 1.15 bits per heavy atom. The molecule has 2 fully saturated rings. The first kappa shape index (κ1) is 29.2. The lowest BCUT2D eigenvalue weighted by molar-refractivity contribution is -0.274. The molecule has 2 N–H and O–H groups in total. The second-order valence-corrected chi connectivity index (χ2v) is 10.3. The van der Waals surface area contributed by atoms with Crippen LogP contribution in [0.1, 0.15) is 24.0 Å². The summed E-state index contributed by atoms with van der Waals surface area (Å²) in [6.07, 6.45) is 0.295. The number of alkyl halides is 3. The number of unbranched alkanes of at least 4 members (excludes halogenated alkanes) is 1. The van der Waals surface area contributed by atoms with Gasteiger partial charge in [-0.2, -0.15) is 0 Å². The third-order valence-electron chi connectivity index (χ3n) is 7.03. The molecule has 2 bridgehead atoms. The van der Waals surface area contributed by atoms with Crippen LogP contribution in [0, 0.1) is 17.7 Å². The molecule has 0 spiro atoms. The summed E-state index contributed by atoms with van der Waals surface area (Å²) in [6, 6.07) is 8.94. The van der Waals surface area contributed by atoms with Gasteiger partial charge >= 0.3 is 6.36 Å². The highest BCUT2D eigenvalue weighted by Gasteiger charge is 2.41. The maximum Gasteiger partial charge on any atom is 0.573 e. The number of hydrogen-bond donors (Lipinski definition) is 2. The van der Waals surface area contributed by atoms with Crippen molar-refractivity contribution in [2.24, 2.45) is 11.8 Å². The Balaban J connectivity index is 1.47. The number of carbonyl (C=O) groups is 1. The molecule has 0 radical (unpaired) electrons. The van der Waals surface area contributed by atoms with Crippen molar-refractivity contribution in [2.75, 3.05) is 45.2 Å².